The molecule has 1 aliphatic heterocycles. The quantitative estimate of drug-likeness (QED) is 0.236. The molecule has 1 aromatic carbocycles. The van der Waals surface area contributed by atoms with Crippen LogP contribution in [0.3, 0.4) is 0 Å². The summed E-state index contributed by atoms with van der Waals surface area (Å²) in [6.45, 7) is 0.407. The number of hydrogen-bond acceptors (Lipinski definition) is 10. The van der Waals surface area contributed by atoms with E-state index in [0.29, 0.717) is 11.5 Å². The van der Waals surface area contributed by atoms with Gasteiger partial charge >= 0.3 is 6.09 Å². The summed E-state index contributed by atoms with van der Waals surface area (Å²) < 4.78 is 31.6. The van der Waals surface area contributed by atoms with Crippen molar-refractivity contribution in [3.05, 3.63) is 66.7 Å². The van der Waals surface area contributed by atoms with Crippen LogP contribution < -0.4 is 25.6 Å². The standard InChI is InChI=1S/C24H23FN8O6/c25-17-10-15(33-12-16(39-24(33)36)14-37-21-4-9-38-31-21)2-3-18(17)26-6-7-27-20(34)11-29-22(35)19-13-32-8-1-5-28-23(32)30-19/h1-5,8-10,13,16,26H,6-7,11-12,14H2,(H,27,34)(H,29,35)/t16-/m1/s1. The molecular weight excluding hydrogens is 515 g/mol. The summed E-state index contributed by atoms with van der Waals surface area (Å²) in [6, 6.07) is 7.52. The Morgan fingerprint density at radius 1 is 1.21 bits per heavy atom. The number of fused-ring (bicyclic) bond motifs is 1. The van der Waals surface area contributed by atoms with Crippen molar-refractivity contribution in [2.45, 2.75) is 6.10 Å². The Morgan fingerprint density at radius 2 is 2.10 bits per heavy atom. The van der Waals surface area contributed by atoms with E-state index in [1.807, 2.05) is 0 Å². The molecule has 0 radical (unpaired) electrons. The number of ether oxygens (including phenoxy) is 2. The van der Waals surface area contributed by atoms with Crippen LogP contribution in [0.5, 0.6) is 5.88 Å². The number of carbonyl (C=O) groups is 3. The van der Waals surface area contributed by atoms with E-state index in [1.165, 1.54) is 35.6 Å². The fraction of sp³-hybridized carbons (Fsp3) is 0.250. The van der Waals surface area contributed by atoms with Crippen LogP contribution >= 0.6 is 0 Å². The van der Waals surface area contributed by atoms with Crippen LogP contribution in [0.15, 0.2) is 59.7 Å². The Morgan fingerprint density at radius 3 is 2.90 bits per heavy atom. The van der Waals surface area contributed by atoms with Crippen LogP contribution in [-0.2, 0) is 9.53 Å². The SMILES string of the molecule is O=C(CNC(=O)c1cn2cccnc2n1)NCCNc1ccc(N2C[C@H](COc3ccon3)OC2=O)cc1F. The molecule has 0 spiro atoms. The number of aromatic nitrogens is 4. The molecule has 1 atom stereocenters. The first-order chi connectivity index (χ1) is 19.0. The third-order valence-corrected chi connectivity index (χ3v) is 5.61. The summed E-state index contributed by atoms with van der Waals surface area (Å²) in [5.41, 5.74) is 0.664. The number of amides is 3. The zero-order valence-corrected chi connectivity index (χ0v) is 20.4. The second kappa shape index (κ2) is 11.5. The van der Waals surface area contributed by atoms with Crippen LogP contribution in [0.25, 0.3) is 5.78 Å². The summed E-state index contributed by atoms with van der Waals surface area (Å²) in [6.07, 6.45) is 4.97. The van der Waals surface area contributed by atoms with E-state index in [4.69, 9.17) is 9.47 Å². The molecule has 4 heterocycles. The maximum Gasteiger partial charge on any atom is 0.414 e. The van der Waals surface area contributed by atoms with E-state index in [1.54, 1.807) is 28.9 Å². The minimum Gasteiger partial charge on any atom is -0.471 e. The Labute approximate surface area is 220 Å². The summed E-state index contributed by atoms with van der Waals surface area (Å²) in [4.78, 5) is 45.9. The highest BCUT2D eigenvalue weighted by Gasteiger charge is 2.33. The lowest BCUT2D eigenvalue weighted by molar-refractivity contribution is -0.120. The van der Waals surface area contributed by atoms with Crippen LogP contribution in [0.4, 0.5) is 20.6 Å². The zero-order chi connectivity index (χ0) is 27.2. The van der Waals surface area contributed by atoms with Gasteiger partial charge in [0.05, 0.1) is 24.5 Å². The van der Waals surface area contributed by atoms with Gasteiger partial charge in [-0.1, -0.05) is 0 Å². The van der Waals surface area contributed by atoms with Gasteiger partial charge < -0.3 is 29.9 Å². The molecule has 0 unspecified atom stereocenters. The Balaban J connectivity index is 1.03. The van der Waals surface area contributed by atoms with Gasteiger partial charge in [0.2, 0.25) is 11.7 Å². The topological polar surface area (TPSA) is 165 Å². The molecule has 0 saturated carbocycles. The Hall–Kier alpha value is -5.21. The molecule has 1 fully saturated rings. The summed E-state index contributed by atoms with van der Waals surface area (Å²) in [5, 5.41) is 11.6. The predicted molar refractivity (Wildman–Crippen MR) is 133 cm³/mol. The smallest absolute Gasteiger partial charge is 0.414 e. The number of anilines is 2. The average molecular weight is 538 g/mol. The molecule has 3 amide bonds. The number of nitrogens with one attached hydrogen (secondary N) is 3. The van der Waals surface area contributed by atoms with Crippen molar-refractivity contribution in [3.8, 4) is 5.88 Å². The lowest BCUT2D eigenvalue weighted by atomic mass is 10.2. The van der Waals surface area contributed by atoms with Gasteiger partial charge in [0.1, 0.15) is 24.4 Å². The van der Waals surface area contributed by atoms with Crippen LogP contribution in [0, 0.1) is 5.82 Å². The number of halogens is 1. The number of imidazole rings is 1. The average Bonchev–Trinajstić information content (AvgIpc) is 3.69. The highest BCUT2D eigenvalue weighted by molar-refractivity contribution is 5.95. The molecule has 202 valence electrons. The minimum atomic E-state index is -0.614. The van der Waals surface area contributed by atoms with Crippen molar-refractivity contribution < 1.29 is 32.8 Å². The van der Waals surface area contributed by atoms with Crippen LogP contribution in [0.1, 0.15) is 10.5 Å². The van der Waals surface area contributed by atoms with Crippen molar-refractivity contribution >= 4 is 35.1 Å². The molecule has 3 N–H and O–H groups in total. The maximum absolute atomic E-state index is 14.7. The van der Waals surface area contributed by atoms with E-state index < -0.39 is 29.8 Å². The zero-order valence-electron chi connectivity index (χ0n) is 20.4. The van der Waals surface area contributed by atoms with Gasteiger partial charge in [0.25, 0.3) is 11.8 Å². The molecule has 15 heteroatoms. The number of nitrogens with zero attached hydrogens (tertiary/aromatic N) is 5. The molecule has 39 heavy (non-hydrogen) atoms. The summed E-state index contributed by atoms with van der Waals surface area (Å²) >= 11 is 0. The van der Waals surface area contributed by atoms with Crippen molar-refractivity contribution in [1.29, 1.82) is 0 Å². The molecule has 14 nitrogen and oxygen atoms in total. The number of hydrogen-bond donors (Lipinski definition) is 3. The lowest BCUT2D eigenvalue weighted by Crippen LogP contribution is -2.38. The van der Waals surface area contributed by atoms with E-state index in [9.17, 15) is 18.8 Å². The minimum absolute atomic E-state index is 0.0737. The van der Waals surface area contributed by atoms with Crippen LogP contribution in [0.2, 0.25) is 0 Å². The van der Waals surface area contributed by atoms with Gasteiger partial charge in [0.15, 0.2) is 6.10 Å². The second-order valence-electron chi connectivity index (χ2n) is 8.34. The third-order valence-electron chi connectivity index (χ3n) is 5.61. The number of carbonyl (C=O) groups excluding carboxylic acids is 3. The molecule has 0 aliphatic carbocycles. The Bertz CT molecular complexity index is 1440. The molecule has 1 saturated heterocycles. The molecule has 5 rings (SSSR count). The summed E-state index contributed by atoms with van der Waals surface area (Å²) in [5.74, 6) is -0.864. The van der Waals surface area contributed by atoms with E-state index in [2.05, 4.69) is 35.6 Å². The maximum atomic E-state index is 14.7. The molecule has 0 bridgehead atoms. The normalized spacial score (nSPS) is 14.7. The van der Waals surface area contributed by atoms with Crippen molar-refractivity contribution in [2.75, 3.05) is 43.0 Å². The predicted octanol–water partition coefficient (Wildman–Crippen LogP) is 1.22. The van der Waals surface area contributed by atoms with Gasteiger partial charge in [0, 0.05) is 37.7 Å². The first-order valence-corrected chi connectivity index (χ1v) is 11.9. The highest BCUT2D eigenvalue weighted by Crippen LogP contribution is 2.26. The molecule has 3 aromatic heterocycles. The number of rotatable bonds is 11. The second-order valence-corrected chi connectivity index (χ2v) is 8.34. The van der Waals surface area contributed by atoms with Gasteiger partial charge in [-0.15, -0.1) is 0 Å². The first-order valence-electron chi connectivity index (χ1n) is 11.9. The fourth-order valence-corrected chi connectivity index (χ4v) is 3.74. The first kappa shape index (κ1) is 25.4. The van der Waals surface area contributed by atoms with Crippen molar-refractivity contribution in [2.24, 2.45) is 0 Å². The van der Waals surface area contributed by atoms with E-state index in [0.717, 1.165) is 0 Å². The highest BCUT2D eigenvalue weighted by atomic mass is 19.1. The molecule has 1 aliphatic rings. The van der Waals surface area contributed by atoms with Crippen molar-refractivity contribution in [1.82, 2.24) is 30.2 Å². The number of cyclic esters (lactones) is 1. The van der Waals surface area contributed by atoms with Gasteiger partial charge in [-0.25, -0.2) is 19.2 Å². The van der Waals surface area contributed by atoms with Crippen molar-refractivity contribution in [3.63, 3.8) is 0 Å². The fourth-order valence-electron chi connectivity index (χ4n) is 3.74. The largest absolute Gasteiger partial charge is 0.471 e. The molecular formula is C24H23FN8O6. The van der Waals surface area contributed by atoms with Gasteiger partial charge in [-0.3, -0.25) is 18.9 Å². The lowest BCUT2D eigenvalue weighted by Gasteiger charge is -2.15. The van der Waals surface area contributed by atoms with E-state index in [-0.39, 0.29) is 50.0 Å². The third kappa shape index (κ3) is 6.20. The molecule has 4 aromatic rings. The van der Waals surface area contributed by atoms with Gasteiger partial charge in [-0.05, 0) is 29.4 Å². The summed E-state index contributed by atoms with van der Waals surface area (Å²) in [7, 11) is 0. The number of benzene rings is 1. The Kier molecular flexibility index (Phi) is 7.47. The van der Waals surface area contributed by atoms with Gasteiger partial charge in [-0.2, -0.15) is 0 Å². The monoisotopic (exact) mass is 538 g/mol. The van der Waals surface area contributed by atoms with E-state index >= 15 is 0 Å². The van der Waals surface area contributed by atoms with Crippen LogP contribution in [-0.4, -0.2) is 76.3 Å².